The van der Waals surface area contributed by atoms with E-state index in [1.807, 2.05) is 39.1 Å². The average Bonchev–Trinajstić information content (AvgIpc) is 3.43. The van der Waals surface area contributed by atoms with E-state index in [0.717, 1.165) is 25.0 Å². The fraction of sp³-hybridized carbons (Fsp3) is 0.375. The van der Waals surface area contributed by atoms with E-state index in [1.165, 1.54) is 18.9 Å². The summed E-state index contributed by atoms with van der Waals surface area (Å²) < 4.78 is 29.6. The van der Waals surface area contributed by atoms with Crippen molar-refractivity contribution in [3.63, 3.8) is 0 Å². The van der Waals surface area contributed by atoms with Gasteiger partial charge in [0, 0.05) is 24.7 Å². The summed E-state index contributed by atoms with van der Waals surface area (Å²) in [6.45, 7) is 8.12. The number of nitrogens with one attached hydrogen (secondary N) is 2. The first kappa shape index (κ1) is 21.4. The number of hydrogen-bond acceptors (Lipinski definition) is 7. The third-order valence-corrected chi connectivity index (χ3v) is 6.15. The van der Waals surface area contributed by atoms with Gasteiger partial charge < -0.3 is 20.4 Å². The highest BCUT2D eigenvalue weighted by Crippen LogP contribution is 2.41. The molecule has 0 saturated carbocycles. The summed E-state index contributed by atoms with van der Waals surface area (Å²) in [6, 6.07) is 7.07. The maximum absolute atomic E-state index is 14.9. The summed E-state index contributed by atoms with van der Waals surface area (Å²) in [7, 11) is 0. The van der Waals surface area contributed by atoms with Crippen molar-refractivity contribution in [1.82, 2.24) is 15.0 Å². The Morgan fingerprint density at radius 1 is 1.06 bits per heavy atom. The van der Waals surface area contributed by atoms with Crippen LogP contribution >= 0.6 is 0 Å². The smallest absolute Gasteiger partial charge is 0.229 e. The molecule has 0 radical (unpaired) electrons. The van der Waals surface area contributed by atoms with Crippen molar-refractivity contribution >= 4 is 28.8 Å². The van der Waals surface area contributed by atoms with Crippen LogP contribution in [-0.2, 0) is 0 Å². The number of fused-ring (bicyclic) bond motifs is 1. The number of halogens is 2. The van der Waals surface area contributed by atoms with Gasteiger partial charge in [0.1, 0.15) is 17.3 Å². The largest absolute Gasteiger partial charge is 0.370 e. The van der Waals surface area contributed by atoms with Crippen LogP contribution < -0.4 is 20.4 Å². The second-order valence-electron chi connectivity index (χ2n) is 8.78. The second kappa shape index (κ2) is 8.46. The number of rotatable bonds is 5. The van der Waals surface area contributed by atoms with Gasteiger partial charge >= 0.3 is 0 Å². The summed E-state index contributed by atoms with van der Waals surface area (Å²) >= 11 is 0. The first-order chi connectivity index (χ1) is 15.9. The van der Waals surface area contributed by atoms with E-state index in [-0.39, 0.29) is 23.8 Å². The van der Waals surface area contributed by atoms with Crippen LogP contribution in [0.15, 0.2) is 36.7 Å². The third-order valence-electron chi connectivity index (χ3n) is 6.15. The molecule has 0 bridgehead atoms. The van der Waals surface area contributed by atoms with Crippen LogP contribution in [0.1, 0.15) is 33.6 Å². The molecule has 3 aromatic rings. The van der Waals surface area contributed by atoms with Crippen molar-refractivity contribution in [3.05, 3.63) is 48.3 Å². The summed E-state index contributed by atoms with van der Waals surface area (Å²) in [5.74, 6) is -0.308. The number of nitrogens with zero attached hydrogens (tertiary/aromatic N) is 5. The predicted molar refractivity (Wildman–Crippen MR) is 127 cm³/mol. The minimum atomic E-state index is -0.618. The van der Waals surface area contributed by atoms with E-state index in [1.54, 1.807) is 6.07 Å². The van der Waals surface area contributed by atoms with Gasteiger partial charge in [-0.3, -0.25) is 0 Å². The standard InChI is InChI=1S/C24H27F2N7/c1-14(2)33-15(3)29-23-18(25)10-16(11-20(23)33)22-19(26)13-28-24(31-22)30-21-7-6-17(12-27-21)32-8-4-5-9-32/h6-7,10-15,29H,4-5,8-9H2,1-3H3,(H,27,28,30,31). The Labute approximate surface area is 191 Å². The molecule has 9 heteroatoms. The highest BCUT2D eigenvalue weighted by molar-refractivity contribution is 5.82. The highest BCUT2D eigenvalue weighted by Gasteiger charge is 2.31. The van der Waals surface area contributed by atoms with E-state index >= 15 is 0 Å². The third kappa shape index (κ3) is 4.03. The van der Waals surface area contributed by atoms with E-state index in [0.29, 0.717) is 22.8 Å². The lowest BCUT2D eigenvalue weighted by Crippen LogP contribution is -2.38. The zero-order valence-electron chi connectivity index (χ0n) is 18.9. The van der Waals surface area contributed by atoms with Crippen LogP contribution in [0.25, 0.3) is 11.3 Å². The second-order valence-corrected chi connectivity index (χ2v) is 8.78. The van der Waals surface area contributed by atoms with Gasteiger partial charge in [-0.05, 0) is 57.9 Å². The Kier molecular flexibility index (Phi) is 5.47. The lowest BCUT2D eigenvalue weighted by atomic mass is 10.1. The maximum atomic E-state index is 14.9. The van der Waals surface area contributed by atoms with Crippen molar-refractivity contribution < 1.29 is 8.78 Å². The Balaban J connectivity index is 1.43. The molecule has 7 nitrogen and oxygen atoms in total. The molecule has 172 valence electrons. The van der Waals surface area contributed by atoms with Crippen LogP contribution in [0, 0.1) is 11.6 Å². The van der Waals surface area contributed by atoms with Gasteiger partial charge in [-0.2, -0.15) is 0 Å². The lowest BCUT2D eigenvalue weighted by Gasteiger charge is -2.28. The topological polar surface area (TPSA) is 69.2 Å². The summed E-state index contributed by atoms with van der Waals surface area (Å²) in [6.07, 6.45) is 5.23. The molecule has 4 heterocycles. The molecule has 0 amide bonds. The van der Waals surface area contributed by atoms with Crippen molar-refractivity contribution in [3.8, 4) is 11.3 Å². The van der Waals surface area contributed by atoms with Gasteiger partial charge in [0.15, 0.2) is 5.82 Å². The van der Waals surface area contributed by atoms with Gasteiger partial charge in [0.2, 0.25) is 5.95 Å². The quantitative estimate of drug-likeness (QED) is 0.556. The molecule has 1 aromatic carbocycles. The molecule has 1 saturated heterocycles. The number of benzene rings is 1. The monoisotopic (exact) mass is 451 g/mol. The van der Waals surface area contributed by atoms with Crippen molar-refractivity contribution in [2.24, 2.45) is 0 Å². The van der Waals surface area contributed by atoms with E-state index in [4.69, 9.17) is 0 Å². The first-order valence-electron chi connectivity index (χ1n) is 11.3. The van der Waals surface area contributed by atoms with Gasteiger partial charge in [0.25, 0.3) is 0 Å². The van der Waals surface area contributed by atoms with Crippen LogP contribution in [-0.4, -0.2) is 40.2 Å². The predicted octanol–water partition coefficient (Wildman–Crippen LogP) is 5.15. The van der Waals surface area contributed by atoms with Crippen LogP contribution in [0.4, 0.5) is 37.6 Å². The van der Waals surface area contributed by atoms with E-state index in [9.17, 15) is 8.78 Å². The molecule has 2 aromatic heterocycles. The Bertz CT molecular complexity index is 1160. The number of pyridine rings is 1. The fourth-order valence-corrected chi connectivity index (χ4v) is 4.65. The van der Waals surface area contributed by atoms with Crippen LogP contribution in [0.2, 0.25) is 0 Å². The summed E-state index contributed by atoms with van der Waals surface area (Å²) in [5, 5.41) is 6.18. The maximum Gasteiger partial charge on any atom is 0.229 e. The normalized spacial score (nSPS) is 17.5. The van der Waals surface area contributed by atoms with Crippen molar-refractivity contribution in [2.75, 3.05) is 33.5 Å². The first-order valence-corrected chi connectivity index (χ1v) is 11.3. The van der Waals surface area contributed by atoms with Crippen molar-refractivity contribution in [1.29, 1.82) is 0 Å². The number of aromatic nitrogens is 3. The molecule has 1 atom stereocenters. The minimum absolute atomic E-state index is 0.0335. The molecule has 1 unspecified atom stereocenters. The fourth-order valence-electron chi connectivity index (χ4n) is 4.65. The molecule has 5 rings (SSSR count). The Morgan fingerprint density at radius 2 is 1.85 bits per heavy atom. The number of anilines is 5. The molecular weight excluding hydrogens is 424 g/mol. The SMILES string of the molecule is CC(C)N1c2cc(-c3nc(Nc4ccc(N5CCCC5)cn4)ncc3F)cc(F)c2NC1C. The molecule has 33 heavy (non-hydrogen) atoms. The zero-order chi connectivity index (χ0) is 23.1. The summed E-state index contributed by atoms with van der Waals surface area (Å²) in [5.41, 5.74) is 2.58. The molecule has 0 spiro atoms. The van der Waals surface area contributed by atoms with Crippen LogP contribution in [0.3, 0.4) is 0 Å². The highest BCUT2D eigenvalue weighted by atomic mass is 19.1. The summed E-state index contributed by atoms with van der Waals surface area (Å²) in [4.78, 5) is 17.2. The van der Waals surface area contributed by atoms with Gasteiger partial charge in [-0.1, -0.05) is 0 Å². The van der Waals surface area contributed by atoms with Gasteiger partial charge in [-0.25, -0.2) is 23.7 Å². The molecule has 1 fully saturated rings. The van der Waals surface area contributed by atoms with Gasteiger partial charge in [0.05, 0.1) is 35.6 Å². The lowest BCUT2D eigenvalue weighted by molar-refractivity contribution is 0.617. The molecule has 0 aliphatic carbocycles. The Morgan fingerprint density at radius 3 is 2.55 bits per heavy atom. The van der Waals surface area contributed by atoms with Crippen molar-refractivity contribution in [2.45, 2.75) is 45.8 Å². The molecule has 2 aliphatic rings. The van der Waals surface area contributed by atoms with E-state index < -0.39 is 11.6 Å². The molecule has 2 aliphatic heterocycles. The minimum Gasteiger partial charge on any atom is -0.370 e. The Hall–Kier alpha value is -3.49. The average molecular weight is 452 g/mol. The van der Waals surface area contributed by atoms with E-state index in [2.05, 4.69) is 35.4 Å². The van der Waals surface area contributed by atoms with Crippen LogP contribution in [0.5, 0.6) is 0 Å². The number of hydrogen-bond donors (Lipinski definition) is 2. The zero-order valence-corrected chi connectivity index (χ0v) is 18.9. The van der Waals surface area contributed by atoms with Gasteiger partial charge in [-0.15, -0.1) is 0 Å². The molecular formula is C24H27F2N7. The molecule has 2 N–H and O–H groups in total.